The molecule has 0 aliphatic carbocycles. The molecule has 21 heavy (non-hydrogen) atoms. The normalized spacial score (nSPS) is 10.5. The summed E-state index contributed by atoms with van der Waals surface area (Å²) in [5.74, 6) is -0.361. The molecule has 0 amide bonds. The number of hydrogen-bond donors (Lipinski definition) is 1. The van der Waals surface area contributed by atoms with Crippen LogP contribution >= 0.6 is 15.9 Å². The van der Waals surface area contributed by atoms with Crippen LogP contribution in [0.3, 0.4) is 0 Å². The van der Waals surface area contributed by atoms with Crippen molar-refractivity contribution in [2.45, 2.75) is 0 Å². The minimum atomic E-state index is -1.01. The molecule has 1 aromatic carbocycles. The molecule has 6 nitrogen and oxygen atoms in total. The lowest BCUT2D eigenvalue weighted by Gasteiger charge is -1.96. The van der Waals surface area contributed by atoms with E-state index in [1.54, 1.807) is 24.5 Å². The minimum absolute atomic E-state index is 0.163. The Morgan fingerprint density at radius 3 is 2.81 bits per heavy atom. The topological polar surface area (TPSA) is 89.1 Å². The molecular weight excluding hydrogens is 338 g/mol. The van der Waals surface area contributed by atoms with Gasteiger partial charge < -0.3 is 9.63 Å². The first-order chi connectivity index (χ1) is 10.1. The van der Waals surface area contributed by atoms with Crippen molar-refractivity contribution in [1.29, 1.82) is 0 Å². The van der Waals surface area contributed by atoms with Crippen molar-refractivity contribution in [3.63, 3.8) is 0 Å². The van der Waals surface area contributed by atoms with Crippen LogP contribution in [0.2, 0.25) is 0 Å². The largest absolute Gasteiger partial charge is 0.478 e. The molecule has 0 saturated heterocycles. The van der Waals surface area contributed by atoms with Gasteiger partial charge in [0, 0.05) is 28.0 Å². The Morgan fingerprint density at radius 2 is 2.05 bits per heavy atom. The number of benzene rings is 1. The first-order valence-corrected chi connectivity index (χ1v) is 6.71. The number of carboxylic acids is 1. The van der Waals surface area contributed by atoms with Crippen LogP contribution in [0, 0.1) is 0 Å². The van der Waals surface area contributed by atoms with Gasteiger partial charge in [-0.25, -0.2) is 4.79 Å². The van der Waals surface area contributed by atoms with Crippen molar-refractivity contribution in [1.82, 2.24) is 15.1 Å². The number of hydrogen-bond acceptors (Lipinski definition) is 5. The summed E-state index contributed by atoms with van der Waals surface area (Å²) >= 11 is 3.32. The van der Waals surface area contributed by atoms with Crippen molar-refractivity contribution in [3.8, 4) is 22.8 Å². The van der Waals surface area contributed by atoms with Crippen molar-refractivity contribution in [2.75, 3.05) is 0 Å². The summed E-state index contributed by atoms with van der Waals surface area (Å²) in [6, 6.07) is 8.14. The molecule has 3 aromatic rings. The second-order valence-electron chi connectivity index (χ2n) is 4.20. The Morgan fingerprint density at radius 1 is 1.19 bits per heavy atom. The maximum Gasteiger partial charge on any atom is 0.335 e. The third-order valence-corrected chi connectivity index (χ3v) is 3.18. The highest BCUT2D eigenvalue weighted by molar-refractivity contribution is 9.10. The molecule has 1 N–H and O–H groups in total. The lowest BCUT2D eigenvalue weighted by atomic mass is 10.1. The summed E-state index contributed by atoms with van der Waals surface area (Å²) in [6.07, 6.45) is 3.27. The molecule has 0 spiro atoms. The molecule has 7 heteroatoms. The third-order valence-electron chi connectivity index (χ3n) is 2.75. The van der Waals surface area contributed by atoms with E-state index in [9.17, 15) is 4.79 Å². The lowest BCUT2D eigenvalue weighted by Crippen LogP contribution is -1.95. The highest BCUT2D eigenvalue weighted by atomic mass is 79.9. The number of pyridine rings is 1. The standard InChI is InChI=1S/C14H8BrN3O3/c15-11-5-10(6-16-7-11)12-17-13(21-18-12)8-2-1-3-9(4-8)14(19)20/h1-7H,(H,19,20). The zero-order valence-electron chi connectivity index (χ0n) is 10.5. The second kappa shape index (κ2) is 5.45. The zero-order valence-corrected chi connectivity index (χ0v) is 12.1. The van der Waals surface area contributed by atoms with Crippen LogP contribution in [0.1, 0.15) is 10.4 Å². The molecule has 104 valence electrons. The summed E-state index contributed by atoms with van der Waals surface area (Å²) in [4.78, 5) is 19.3. The maximum absolute atomic E-state index is 11.0. The van der Waals surface area contributed by atoms with Crippen molar-refractivity contribution >= 4 is 21.9 Å². The van der Waals surface area contributed by atoms with Gasteiger partial charge in [0.1, 0.15) is 0 Å². The Bertz CT molecular complexity index is 816. The van der Waals surface area contributed by atoms with Crippen LogP contribution in [-0.2, 0) is 0 Å². The quantitative estimate of drug-likeness (QED) is 0.783. The fourth-order valence-corrected chi connectivity index (χ4v) is 2.14. The number of nitrogens with zero attached hydrogens (tertiary/aromatic N) is 3. The molecule has 0 radical (unpaired) electrons. The summed E-state index contributed by atoms with van der Waals surface area (Å²) in [7, 11) is 0. The van der Waals surface area contributed by atoms with E-state index in [4.69, 9.17) is 9.63 Å². The summed E-state index contributed by atoms with van der Waals surface area (Å²) in [6.45, 7) is 0. The highest BCUT2D eigenvalue weighted by Crippen LogP contribution is 2.24. The maximum atomic E-state index is 11.0. The van der Waals surface area contributed by atoms with Gasteiger partial charge in [-0.05, 0) is 40.2 Å². The fourth-order valence-electron chi connectivity index (χ4n) is 1.78. The van der Waals surface area contributed by atoms with Gasteiger partial charge in [-0.3, -0.25) is 4.98 Å². The molecule has 0 fully saturated rings. The van der Waals surface area contributed by atoms with Gasteiger partial charge in [-0.2, -0.15) is 4.98 Å². The van der Waals surface area contributed by atoms with Crippen molar-refractivity contribution in [2.24, 2.45) is 0 Å². The summed E-state index contributed by atoms with van der Waals surface area (Å²) < 4.78 is 5.99. The Kier molecular flexibility index (Phi) is 3.49. The van der Waals surface area contributed by atoms with Gasteiger partial charge in [0.05, 0.1) is 5.56 Å². The van der Waals surface area contributed by atoms with E-state index in [0.717, 1.165) is 4.47 Å². The minimum Gasteiger partial charge on any atom is -0.478 e. The average Bonchev–Trinajstić information content (AvgIpc) is 2.97. The summed E-state index contributed by atoms with van der Waals surface area (Å²) in [5, 5.41) is 12.9. The van der Waals surface area contributed by atoms with Crippen LogP contribution in [0.15, 0.2) is 51.7 Å². The van der Waals surface area contributed by atoms with E-state index >= 15 is 0 Å². The van der Waals surface area contributed by atoms with Crippen molar-refractivity contribution in [3.05, 3.63) is 52.8 Å². The van der Waals surface area contributed by atoms with Gasteiger partial charge in [0.15, 0.2) is 0 Å². The van der Waals surface area contributed by atoms with Gasteiger partial charge in [0.25, 0.3) is 5.89 Å². The zero-order chi connectivity index (χ0) is 14.8. The molecule has 0 bridgehead atoms. The van der Waals surface area contributed by atoms with Crippen LogP contribution in [0.4, 0.5) is 0 Å². The Labute approximate surface area is 127 Å². The van der Waals surface area contributed by atoms with Gasteiger partial charge in [0.2, 0.25) is 5.82 Å². The van der Waals surface area contributed by atoms with E-state index in [2.05, 4.69) is 31.1 Å². The fraction of sp³-hybridized carbons (Fsp3) is 0. The van der Waals surface area contributed by atoms with Crippen LogP contribution in [-0.4, -0.2) is 26.2 Å². The van der Waals surface area contributed by atoms with Gasteiger partial charge in [-0.1, -0.05) is 11.2 Å². The van der Waals surface area contributed by atoms with E-state index in [-0.39, 0.29) is 11.5 Å². The molecule has 0 aliphatic heterocycles. The Hall–Kier alpha value is -2.54. The highest BCUT2D eigenvalue weighted by Gasteiger charge is 2.13. The van der Waals surface area contributed by atoms with E-state index < -0.39 is 5.97 Å². The molecule has 0 atom stereocenters. The predicted octanol–water partition coefficient (Wildman–Crippen LogP) is 3.26. The molecular formula is C14H8BrN3O3. The molecule has 2 aromatic heterocycles. The van der Waals surface area contributed by atoms with Gasteiger partial charge in [-0.15, -0.1) is 0 Å². The van der Waals surface area contributed by atoms with Crippen LogP contribution in [0.5, 0.6) is 0 Å². The number of rotatable bonds is 3. The number of carboxylic acid groups (broad SMARTS) is 1. The first-order valence-electron chi connectivity index (χ1n) is 5.92. The smallest absolute Gasteiger partial charge is 0.335 e. The lowest BCUT2D eigenvalue weighted by molar-refractivity contribution is 0.0697. The molecule has 2 heterocycles. The van der Waals surface area contributed by atoms with Gasteiger partial charge >= 0.3 is 5.97 Å². The number of aromatic carboxylic acids is 1. The van der Waals surface area contributed by atoms with E-state index in [0.29, 0.717) is 17.0 Å². The van der Waals surface area contributed by atoms with Crippen LogP contribution in [0.25, 0.3) is 22.8 Å². The average molecular weight is 346 g/mol. The summed E-state index contributed by atoms with van der Waals surface area (Å²) in [5.41, 5.74) is 1.42. The van der Waals surface area contributed by atoms with Crippen LogP contribution < -0.4 is 0 Å². The molecule has 0 unspecified atom stereocenters. The molecule has 0 saturated carbocycles. The molecule has 3 rings (SSSR count). The molecule has 0 aliphatic rings. The van der Waals surface area contributed by atoms with E-state index in [1.165, 1.54) is 12.1 Å². The van der Waals surface area contributed by atoms with Crippen molar-refractivity contribution < 1.29 is 14.4 Å². The SMILES string of the molecule is O=C(O)c1cccc(-c2nc(-c3cncc(Br)c3)no2)c1. The monoisotopic (exact) mass is 345 g/mol. The first kappa shape index (κ1) is 13.4. The number of halogens is 1. The van der Waals surface area contributed by atoms with E-state index in [1.807, 2.05) is 6.07 Å². The number of carbonyl (C=O) groups is 1. The predicted molar refractivity (Wildman–Crippen MR) is 77.6 cm³/mol. The number of aromatic nitrogens is 3. The third kappa shape index (κ3) is 2.82. The Balaban J connectivity index is 1.98. The second-order valence-corrected chi connectivity index (χ2v) is 5.12.